The molecule has 0 aliphatic rings. The van der Waals surface area contributed by atoms with E-state index in [-0.39, 0.29) is 11.4 Å². The zero-order valence-corrected chi connectivity index (χ0v) is 15.4. The van der Waals surface area contributed by atoms with Crippen LogP contribution in [-0.4, -0.2) is 4.98 Å². The molecule has 1 N–H and O–H groups in total. The van der Waals surface area contributed by atoms with Crippen LogP contribution in [-0.2, 0) is 6.18 Å². The standard InChI is InChI=1S/C22H15F3N2S/c23-22(24,25)20-18(26-16-10-5-2-6-11-16)14-17(15-8-3-1-4-9-15)27-21(20)19-12-7-13-28-19/h1-14H,(H,26,27). The van der Waals surface area contributed by atoms with E-state index in [2.05, 4.69) is 10.3 Å². The molecule has 0 saturated carbocycles. The van der Waals surface area contributed by atoms with Crippen molar-refractivity contribution in [2.75, 3.05) is 5.32 Å². The van der Waals surface area contributed by atoms with Gasteiger partial charge >= 0.3 is 6.18 Å². The van der Waals surface area contributed by atoms with Crippen LogP contribution in [0.15, 0.2) is 84.2 Å². The molecule has 0 bridgehead atoms. The van der Waals surface area contributed by atoms with E-state index >= 15 is 0 Å². The number of anilines is 2. The van der Waals surface area contributed by atoms with Crippen LogP contribution in [0.1, 0.15) is 5.56 Å². The van der Waals surface area contributed by atoms with E-state index in [0.717, 1.165) is 5.56 Å². The van der Waals surface area contributed by atoms with Crippen LogP contribution >= 0.6 is 11.3 Å². The first kappa shape index (κ1) is 18.3. The van der Waals surface area contributed by atoms with E-state index in [1.807, 2.05) is 36.4 Å². The summed E-state index contributed by atoms with van der Waals surface area (Å²) in [4.78, 5) is 4.88. The average molecular weight is 396 g/mol. The molecule has 28 heavy (non-hydrogen) atoms. The van der Waals surface area contributed by atoms with Gasteiger partial charge in [0.15, 0.2) is 0 Å². The molecule has 0 aliphatic heterocycles. The number of aromatic nitrogens is 1. The molecule has 2 heterocycles. The van der Waals surface area contributed by atoms with Gasteiger partial charge in [0.05, 0.1) is 22.0 Å². The first-order valence-corrected chi connectivity index (χ1v) is 9.44. The molecule has 0 fully saturated rings. The monoisotopic (exact) mass is 396 g/mol. The van der Waals surface area contributed by atoms with Crippen LogP contribution in [0.25, 0.3) is 21.8 Å². The van der Waals surface area contributed by atoms with Gasteiger partial charge < -0.3 is 5.32 Å². The zero-order chi connectivity index (χ0) is 19.6. The number of halogens is 3. The van der Waals surface area contributed by atoms with Crippen molar-refractivity contribution in [3.63, 3.8) is 0 Å². The summed E-state index contributed by atoms with van der Waals surface area (Å²) >= 11 is 1.23. The van der Waals surface area contributed by atoms with Crippen molar-refractivity contribution in [2.45, 2.75) is 6.18 Å². The summed E-state index contributed by atoms with van der Waals surface area (Å²) in [7, 11) is 0. The molecule has 0 aliphatic carbocycles. The van der Waals surface area contributed by atoms with Gasteiger partial charge in [0.1, 0.15) is 5.56 Å². The van der Waals surface area contributed by atoms with Crippen LogP contribution in [0.5, 0.6) is 0 Å². The largest absolute Gasteiger partial charge is 0.420 e. The predicted molar refractivity (Wildman–Crippen MR) is 108 cm³/mol. The molecule has 2 aromatic heterocycles. The van der Waals surface area contributed by atoms with Crippen molar-refractivity contribution < 1.29 is 13.2 Å². The van der Waals surface area contributed by atoms with Gasteiger partial charge in [-0.05, 0) is 29.6 Å². The van der Waals surface area contributed by atoms with E-state index in [4.69, 9.17) is 0 Å². The van der Waals surface area contributed by atoms with Gasteiger partial charge in [0.2, 0.25) is 0 Å². The fraction of sp³-hybridized carbons (Fsp3) is 0.0455. The smallest absolute Gasteiger partial charge is 0.355 e. The number of pyridine rings is 1. The van der Waals surface area contributed by atoms with Crippen molar-refractivity contribution in [2.24, 2.45) is 0 Å². The summed E-state index contributed by atoms with van der Waals surface area (Å²) < 4.78 is 42.2. The highest BCUT2D eigenvalue weighted by molar-refractivity contribution is 7.13. The molecule has 0 spiro atoms. The number of hydrogen-bond acceptors (Lipinski definition) is 3. The lowest BCUT2D eigenvalue weighted by molar-refractivity contribution is -0.136. The third-order valence-corrected chi connectivity index (χ3v) is 5.06. The highest BCUT2D eigenvalue weighted by atomic mass is 32.1. The number of hydrogen-bond donors (Lipinski definition) is 1. The molecule has 0 atom stereocenters. The Hall–Kier alpha value is -3.12. The Morgan fingerprint density at radius 1 is 0.821 bits per heavy atom. The number of nitrogens with zero attached hydrogens (tertiary/aromatic N) is 1. The Labute approximate surface area is 164 Å². The lowest BCUT2D eigenvalue weighted by Gasteiger charge is -2.19. The summed E-state index contributed by atoms with van der Waals surface area (Å²) in [5.74, 6) is 0. The maximum Gasteiger partial charge on any atom is 0.420 e. The van der Waals surface area contributed by atoms with Gasteiger partial charge in [-0.25, -0.2) is 4.98 Å². The fourth-order valence-corrected chi connectivity index (χ4v) is 3.68. The molecule has 2 nitrogen and oxygen atoms in total. The van der Waals surface area contributed by atoms with E-state index in [1.165, 1.54) is 17.4 Å². The summed E-state index contributed by atoms with van der Waals surface area (Å²) in [5.41, 5.74) is 0.965. The Bertz CT molecular complexity index is 1060. The van der Waals surface area contributed by atoms with Crippen LogP contribution < -0.4 is 5.32 Å². The lowest BCUT2D eigenvalue weighted by Crippen LogP contribution is -2.12. The number of benzene rings is 2. The van der Waals surface area contributed by atoms with Crippen LogP contribution in [0.4, 0.5) is 24.5 Å². The van der Waals surface area contributed by atoms with Crippen LogP contribution in [0, 0.1) is 0 Å². The highest BCUT2D eigenvalue weighted by Crippen LogP contribution is 2.44. The Morgan fingerprint density at radius 2 is 1.50 bits per heavy atom. The van der Waals surface area contributed by atoms with Gasteiger partial charge in [-0.1, -0.05) is 54.6 Å². The third-order valence-electron chi connectivity index (χ3n) is 4.18. The quantitative estimate of drug-likeness (QED) is 0.393. The van der Waals surface area contributed by atoms with Gasteiger partial charge in [0, 0.05) is 11.3 Å². The third kappa shape index (κ3) is 3.77. The molecule has 140 valence electrons. The second kappa shape index (κ2) is 7.48. The van der Waals surface area contributed by atoms with Crippen molar-refractivity contribution in [1.29, 1.82) is 0 Å². The Morgan fingerprint density at radius 3 is 2.11 bits per heavy atom. The van der Waals surface area contributed by atoms with Gasteiger partial charge in [-0.3, -0.25) is 0 Å². The minimum atomic E-state index is -4.56. The molecule has 4 aromatic rings. The summed E-state index contributed by atoms with van der Waals surface area (Å²) in [5, 5.41) is 4.68. The summed E-state index contributed by atoms with van der Waals surface area (Å²) in [6.45, 7) is 0. The van der Waals surface area contributed by atoms with Crippen molar-refractivity contribution in [3.05, 3.63) is 89.8 Å². The lowest BCUT2D eigenvalue weighted by atomic mass is 10.0. The van der Waals surface area contributed by atoms with Gasteiger partial charge in [0.25, 0.3) is 0 Å². The molecule has 0 unspecified atom stereocenters. The first-order valence-electron chi connectivity index (χ1n) is 8.56. The normalized spacial score (nSPS) is 11.4. The Balaban J connectivity index is 1.97. The molecule has 4 rings (SSSR count). The fourth-order valence-electron chi connectivity index (χ4n) is 2.96. The number of para-hydroxylation sites is 1. The predicted octanol–water partition coefficient (Wildman–Crippen LogP) is 7.24. The number of alkyl halides is 3. The van der Waals surface area contributed by atoms with E-state index in [1.54, 1.807) is 41.8 Å². The van der Waals surface area contributed by atoms with Crippen LogP contribution in [0.3, 0.4) is 0 Å². The molecule has 0 amide bonds. The minimum absolute atomic E-state index is 0.0176. The zero-order valence-electron chi connectivity index (χ0n) is 14.6. The second-order valence-electron chi connectivity index (χ2n) is 6.11. The maximum absolute atomic E-state index is 14.1. The molecule has 0 radical (unpaired) electrons. The average Bonchev–Trinajstić information content (AvgIpc) is 3.23. The molecule has 0 saturated heterocycles. The summed E-state index contributed by atoms with van der Waals surface area (Å²) in [6, 6.07) is 22.9. The number of thiophene rings is 1. The van der Waals surface area contributed by atoms with Crippen LogP contribution in [0.2, 0.25) is 0 Å². The maximum atomic E-state index is 14.1. The van der Waals surface area contributed by atoms with E-state index < -0.39 is 11.7 Å². The number of nitrogens with one attached hydrogen (secondary N) is 1. The van der Waals surface area contributed by atoms with Crippen molar-refractivity contribution in [1.82, 2.24) is 4.98 Å². The minimum Gasteiger partial charge on any atom is -0.355 e. The first-order chi connectivity index (χ1) is 13.5. The van der Waals surface area contributed by atoms with E-state index in [0.29, 0.717) is 16.3 Å². The highest BCUT2D eigenvalue weighted by Gasteiger charge is 2.38. The van der Waals surface area contributed by atoms with Crippen molar-refractivity contribution in [3.8, 4) is 21.8 Å². The molecule has 2 aromatic carbocycles. The number of rotatable bonds is 4. The second-order valence-corrected chi connectivity index (χ2v) is 7.06. The van der Waals surface area contributed by atoms with Gasteiger partial charge in [-0.2, -0.15) is 13.2 Å². The topological polar surface area (TPSA) is 24.9 Å². The van der Waals surface area contributed by atoms with Crippen molar-refractivity contribution >= 4 is 22.7 Å². The molecule has 6 heteroatoms. The SMILES string of the molecule is FC(F)(F)c1c(Nc2ccccc2)cc(-c2ccccc2)nc1-c1cccs1. The molecular formula is C22H15F3N2S. The molecular weight excluding hydrogens is 381 g/mol. The van der Waals surface area contributed by atoms with E-state index in [9.17, 15) is 13.2 Å². The summed E-state index contributed by atoms with van der Waals surface area (Å²) in [6.07, 6.45) is -4.56. The van der Waals surface area contributed by atoms with Gasteiger partial charge in [-0.15, -0.1) is 11.3 Å². The Kier molecular flexibility index (Phi) is 4.88.